The lowest BCUT2D eigenvalue weighted by Crippen LogP contribution is -2.10. The first-order valence-electron chi connectivity index (χ1n) is 4.82. The monoisotopic (exact) mass is 228 g/mol. The lowest BCUT2D eigenvalue weighted by molar-refractivity contribution is 0.150. The zero-order valence-corrected chi connectivity index (χ0v) is 9.21. The number of hydrogen-bond acceptors (Lipinski definition) is 3. The molecule has 0 atom stereocenters. The second kappa shape index (κ2) is 3.58. The minimum atomic E-state index is -0.629. The van der Waals surface area contributed by atoms with E-state index in [1.54, 1.807) is 6.07 Å². The second-order valence-electron chi connectivity index (χ2n) is 4.02. The lowest BCUT2D eigenvalue weighted by Gasteiger charge is -2.12. The van der Waals surface area contributed by atoms with Crippen LogP contribution >= 0.6 is 11.6 Å². The van der Waals surface area contributed by atoms with Crippen LogP contribution in [0.1, 0.15) is 18.4 Å². The van der Waals surface area contributed by atoms with Crippen molar-refractivity contribution in [1.29, 1.82) is 0 Å². The molecule has 0 heterocycles. The fraction of sp³-hybridized carbons (Fsp3) is 0.455. The van der Waals surface area contributed by atoms with Gasteiger partial charge in [0.1, 0.15) is 11.5 Å². The van der Waals surface area contributed by atoms with Crippen LogP contribution in [0.2, 0.25) is 5.02 Å². The molecule has 0 radical (unpaired) electrons. The molecule has 2 rings (SSSR count). The van der Waals surface area contributed by atoms with Crippen LogP contribution in [0.3, 0.4) is 0 Å². The van der Waals surface area contributed by atoms with Crippen molar-refractivity contribution in [2.24, 2.45) is 0 Å². The Morgan fingerprint density at radius 2 is 2.13 bits per heavy atom. The Morgan fingerprint density at radius 3 is 2.67 bits per heavy atom. The predicted octanol–water partition coefficient (Wildman–Crippen LogP) is 2.12. The number of aliphatic hydroxyl groups is 1. The van der Waals surface area contributed by atoms with E-state index >= 15 is 0 Å². The molecule has 0 amide bonds. The molecule has 0 spiro atoms. The molecule has 15 heavy (non-hydrogen) atoms. The molecule has 1 aliphatic carbocycles. The van der Waals surface area contributed by atoms with Crippen molar-refractivity contribution >= 4 is 11.6 Å². The Morgan fingerprint density at radius 1 is 1.47 bits per heavy atom. The third-order valence-corrected chi connectivity index (χ3v) is 3.00. The number of aromatic hydroxyl groups is 1. The maximum absolute atomic E-state index is 9.75. The highest BCUT2D eigenvalue weighted by Crippen LogP contribution is 2.41. The number of benzene rings is 1. The molecule has 1 aromatic carbocycles. The van der Waals surface area contributed by atoms with Crippen LogP contribution in [0, 0.1) is 0 Å². The maximum atomic E-state index is 9.75. The molecule has 1 saturated carbocycles. The molecule has 0 saturated heterocycles. The van der Waals surface area contributed by atoms with Crippen LogP contribution in [0.5, 0.6) is 11.5 Å². The molecule has 4 heteroatoms. The Labute approximate surface area is 93.3 Å². The Hall–Kier alpha value is -0.930. The molecule has 3 nitrogen and oxygen atoms in total. The van der Waals surface area contributed by atoms with E-state index in [-0.39, 0.29) is 5.75 Å². The summed E-state index contributed by atoms with van der Waals surface area (Å²) in [4.78, 5) is 0. The fourth-order valence-corrected chi connectivity index (χ4v) is 1.79. The zero-order valence-electron chi connectivity index (χ0n) is 8.46. The highest BCUT2D eigenvalue weighted by Gasteiger charge is 2.40. The van der Waals surface area contributed by atoms with E-state index in [1.807, 2.05) is 0 Å². The van der Waals surface area contributed by atoms with Gasteiger partial charge in [-0.3, -0.25) is 0 Å². The molecule has 2 N–H and O–H groups in total. The van der Waals surface area contributed by atoms with E-state index in [0.29, 0.717) is 22.8 Å². The quantitative estimate of drug-likeness (QED) is 0.833. The SMILES string of the molecule is COc1cc(CC2(O)CC2)c(O)cc1Cl. The molecular formula is C11H13ClO3. The standard InChI is InChI=1S/C11H13ClO3/c1-15-10-4-7(6-11(14)2-3-11)9(13)5-8(10)12/h4-5,13-14H,2-3,6H2,1H3. The first-order valence-corrected chi connectivity index (χ1v) is 5.20. The third kappa shape index (κ3) is 2.19. The first-order chi connectivity index (χ1) is 7.04. The number of ether oxygens (including phenoxy) is 1. The van der Waals surface area contributed by atoms with Crippen LogP contribution < -0.4 is 4.74 Å². The number of halogens is 1. The van der Waals surface area contributed by atoms with Gasteiger partial charge in [0.15, 0.2) is 0 Å². The van der Waals surface area contributed by atoms with Gasteiger partial charge >= 0.3 is 0 Å². The first kappa shape index (κ1) is 10.6. The van der Waals surface area contributed by atoms with Crippen molar-refractivity contribution in [2.75, 3.05) is 7.11 Å². The molecule has 0 unspecified atom stereocenters. The fourth-order valence-electron chi connectivity index (χ4n) is 1.56. The summed E-state index contributed by atoms with van der Waals surface area (Å²) in [5.41, 5.74) is 0.0484. The summed E-state index contributed by atoms with van der Waals surface area (Å²) in [7, 11) is 1.52. The van der Waals surface area contributed by atoms with Crippen LogP contribution in [-0.2, 0) is 6.42 Å². The molecule has 0 bridgehead atoms. The second-order valence-corrected chi connectivity index (χ2v) is 4.42. The van der Waals surface area contributed by atoms with Crippen LogP contribution in [-0.4, -0.2) is 22.9 Å². The summed E-state index contributed by atoms with van der Waals surface area (Å²) in [6.07, 6.45) is 2.03. The minimum Gasteiger partial charge on any atom is -0.508 e. The molecule has 1 fully saturated rings. The van der Waals surface area contributed by atoms with E-state index in [4.69, 9.17) is 16.3 Å². The minimum absolute atomic E-state index is 0.112. The van der Waals surface area contributed by atoms with E-state index in [2.05, 4.69) is 0 Å². The Kier molecular flexibility index (Phi) is 2.52. The van der Waals surface area contributed by atoms with Crippen LogP contribution in [0.25, 0.3) is 0 Å². The molecular weight excluding hydrogens is 216 g/mol. The highest BCUT2D eigenvalue weighted by molar-refractivity contribution is 6.32. The van der Waals surface area contributed by atoms with Gasteiger partial charge in [-0.25, -0.2) is 0 Å². The molecule has 0 aromatic heterocycles. The van der Waals surface area contributed by atoms with E-state index in [1.165, 1.54) is 13.2 Å². The van der Waals surface area contributed by atoms with E-state index < -0.39 is 5.60 Å². The Bertz CT molecular complexity index is 386. The van der Waals surface area contributed by atoms with Gasteiger partial charge in [0.2, 0.25) is 0 Å². The van der Waals surface area contributed by atoms with Crippen LogP contribution in [0.4, 0.5) is 0 Å². The van der Waals surface area contributed by atoms with Gasteiger partial charge in [-0.15, -0.1) is 0 Å². The average Bonchev–Trinajstić information content (AvgIpc) is 2.89. The predicted molar refractivity (Wildman–Crippen MR) is 57.6 cm³/mol. The Balaban J connectivity index is 2.29. The number of phenols is 1. The highest BCUT2D eigenvalue weighted by atomic mass is 35.5. The molecule has 1 aliphatic rings. The van der Waals surface area contributed by atoms with E-state index in [0.717, 1.165) is 12.8 Å². The summed E-state index contributed by atoms with van der Waals surface area (Å²) in [5, 5.41) is 19.8. The zero-order chi connectivity index (χ0) is 11.1. The number of phenolic OH excluding ortho intramolecular Hbond substituents is 1. The van der Waals surface area contributed by atoms with Crippen LogP contribution in [0.15, 0.2) is 12.1 Å². The normalized spacial score (nSPS) is 17.5. The summed E-state index contributed by atoms with van der Waals surface area (Å²) < 4.78 is 5.05. The summed E-state index contributed by atoms with van der Waals surface area (Å²) in [6, 6.07) is 3.12. The van der Waals surface area contributed by atoms with Crippen molar-refractivity contribution < 1.29 is 14.9 Å². The van der Waals surface area contributed by atoms with Gasteiger partial charge in [0, 0.05) is 18.1 Å². The maximum Gasteiger partial charge on any atom is 0.138 e. The van der Waals surface area contributed by atoms with Gasteiger partial charge in [0.25, 0.3) is 0 Å². The molecule has 1 aromatic rings. The number of methoxy groups -OCH3 is 1. The van der Waals surface area contributed by atoms with Gasteiger partial charge < -0.3 is 14.9 Å². The number of hydrogen-bond donors (Lipinski definition) is 2. The number of rotatable bonds is 3. The average molecular weight is 229 g/mol. The van der Waals surface area contributed by atoms with Gasteiger partial charge in [-0.2, -0.15) is 0 Å². The van der Waals surface area contributed by atoms with Gasteiger partial charge in [0.05, 0.1) is 17.7 Å². The van der Waals surface area contributed by atoms with Crippen molar-refractivity contribution in [1.82, 2.24) is 0 Å². The summed E-state index contributed by atoms with van der Waals surface area (Å²) in [6.45, 7) is 0. The molecule has 0 aliphatic heterocycles. The largest absolute Gasteiger partial charge is 0.508 e. The van der Waals surface area contributed by atoms with Crippen molar-refractivity contribution in [3.8, 4) is 11.5 Å². The summed E-state index contributed by atoms with van der Waals surface area (Å²) in [5.74, 6) is 0.634. The summed E-state index contributed by atoms with van der Waals surface area (Å²) >= 11 is 5.84. The van der Waals surface area contributed by atoms with Crippen molar-refractivity contribution in [3.05, 3.63) is 22.7 Å². The topological polar surface area (TPSA) is 49.7 Å². The van der Waals surface area contributed by atoms with Crippen molar-refractivity contribution in [3.63, 3.8) is 0 Å². The van der Waals surface area contributed by atoms with Gasteiger partial charge in [-0.1, -0.05) is 11.6 Å². The van der Waals surface area contributed by atoms with Gasteiger partial charge in [-0.05, 0) is 18.9 Å². The molecule has 82 valence electrons. The van der Waals surface area contributed by atoms with Crippen molar-refractivity contribution in [2.45, 2.75) is 24.9 Å². The smallest absolute Gasteiger partial charge is 0.138 e. The lowest BCUT2D eigenvalue weighted by atomic mass is 10.1. The third-order valence-electron chi connectivity index (χ3n) is 2.70. The van der Waals surface area contributed by atoms with E-state index in [9.17, 15) is 10.2 Å².